The molecule has 0 saturated carbocycles. The van der Waals surface area contributed by atoms with Crippen LogP contribution in [0.25, 0.3) is 0 Å². The van der Waals surface area contributed by atoms with Crippen molar-refractivity contribution in [3.05, 3.63) is 0 Å². The van der Waals surface area contributed by atoms with Gasteiger partial charge in [0.15, 0.2) is 0 Å². The van der Waals surface area contributed by atoms with Gasteiger partial charge in [0.2, 0.25) is 0 Å². The van der Waals surface area contributed by atoms with Crippen molar-refractivity contribution in [2.45, 2.75) is 13.8 Å². The SMILES string of the molecule is CCOP(=S)(OCC)ONC(=O)CO. The number of aliphatic hydroxyl groups excluding tert-OH is 1. The van der Waals surface area contributed by atoms with Crippen LogP contribution in [0, 0.1) is 0 Å². The molecule has 0 aromatic heterocycles. The number of hydrogen-bond acceptors (Lipinski definition) is 6. The minimum atomic E-state index is -2.90. The van der Waals surface area contributed by atoms with Gasteiger partial charge in [-0.05, 0) is 25.7 Å². The second-order valence-electron chi connectivity index (χ2n) is 2.06. The van der Waals surface area contributed by atoms with Crippen LogP contribution in [-0.4, -0.2) is 30.8 Å². The first kappa shape index (κ1) is 14.0. The minimum Gasteiger partial charge on any atom is -0.386 e. The van der Waals surface area contributed by atoms with Gasteiger partial charge in [0, 0.05) is 0 Å². The maximum atomic E-state index is 10.6. The van der Waals surface area contributed by atoms with Crippen LogP contribution in [0.3, 0.4) is 0 Å². The Morgan fingerprint density at radius 3 is 2.29 bits per heavy atom. The molecule has 0 atom stereocenters. The van der Waals surface area contributed by atoms with E-state index < -0.39 is 19.2 Å². The van der Waals surface area contributed by atoms with E-state index in [4.69, 9.17) is 30.6 Å². The molecule has 0 radical (unpaired) electrons. The van der Waals surface area contributed by atoms with Crippen molar-refractivity contribution >= 4 is 24.4 Å². The van der Waals surface area contributed by atoms with Crippen molar-refractivity contribution in [3.8, 4) is 0 Å². The summed E-state index contributed by atoms with van der Waals surface area (Å²) in [4.78, 5) is 10.6. The number of hydroxylamine groups is 1. The number of nitrogens with one attached hydrogen (secondary N) is 1. The number of hydrogen-bond donors (Lipinski definition) is 2. The van der Waals surface area contributed by atoms with Crippen molar-refractivity contribution in [2.24, 2.45) is 0 Å². The molecule has 0 rings (SSSR count). The lowest BCUT2D eigenvalue weighted by atomic mass is 10.7. The summed E-state index contributed by atoms with van der Waals surface area (Å²) in [5, 5.41) is 8.40. The van der Waals surface area contributed by atoms with E-state index in [-0.39, 0.29) is 0 Å². The largest absolute Gasteiger partial charge is 0.386 e. The summed E-state index contributed by atoms with van der Waals surface area (Å²) in [6.45, 7) is 0.549. The maximum absolute atomic E-state index is 10.6. The van der Waals surface area contributed by atoms with Gasteiger partial charge in [0.25, 0.3) is 5.91 Å². The predicted molar refractivity (Wildman–Crippen MR) is 53.9 cm³/mol. The van der Waals surface area contributed by atoms with Crippen molar-refractivity contribution in [1.82, 2.24) is 5.48 Å². The predicted octanol–water partition coefficient (Wildman–Crippen LogP) is 0.324. The Labute approximate surface area is 87.7 Å². The van der Waals surface area contributed by atoms with Crippen LogP contribution in [0.4, 0.5) is 0 Å². The molecule has 0 bridgehead atoms. The Morgan fingerprint density at radius 1 is 1.43 bits per heavy atom. The molecule has 0 aliphatic rings. The molecule has 0 unspecified atom stereocenters. The molecule has 0 aliphatic carbocycles. The van der Waals surface area contributed by atoms with Crippen LogP contribution in [0.1, 0.15) is 13.8 Å². The van der Waals surface area contributed by atoms with E-state index in [1.165, 1.54) is 0 Å². The fourth-order valence-electron chi connectivity index (χ4n) is 0.545. The molecule has 0 saturated heterocycles. The highest BCUT2D eigenvalue weighted by Crippen LogP contribution is 2.48. The molecule has 84 valence electrons. The molecule has 0 aromatic carbocycles. The standard InChI is InChI=1S/C6H14NO5PS/c1-3-10-13(14,11-4-2)12-7-6(9)5-8/h8H,3-5H2,1-2H3,(H,7,9). The van der Waals surface area contributed by atoms with Gasteiger partial charge in [-0.1, -0.05) is 0 Å². The molecule has 0 fully saturated rings. The van der Waals surface area contributed by atoms with Gasteiger partial charge >= 0.3 is 6.72 Å². The third-order valence-electron chi connectivity index (χ3n) is 0.989. The van der Waals surface area contributed by atoms with Gasteiger partial charge in [0.1, 0.15) is 6.61 Å². The molecule has 1 amide bonds. The smallest absolute Gasteiger partial charge is 0.349 e. The number of carbonyl (C=O) groups is 1. The van der Waals surface area contributed by atoms with Gasteiger partial charge < -0.3 is 14.2 Å². The molecule has 0 spiro atoms. The monoisotopic (exact) mass is 243 g/mol. The van der Waals surface area contributed by atoms with E-state index in [0.717, 1.165) is 0 Å². The molecule has 0 aliphatic heterocycles. The number of rotatable bonds is 7. The summed E-state index contributed by atoms with van der Waals surface area (Å²) in [7, 11) is 0. The quantitative estimate of drug-likeness (QED) is 0.495. The minimum absolute atomic E-state index is 0.326. The first-order chi connectivity index (χ1) is 6.58. The van der Waals surface area contributed by atoms with E-state index in [1.54, 1.807) is 13.8 Å². The van der Waals surface area contributed by atoms with Gasteiger partial charge in [0.05, 0.1) is 13.2 Å². The van der Waals surface area contributed by atoms with Crippen LogP contribution in [0.15, 0.2) is 0 Å². The Kier molecular flexibility index (Phi) is 7.26. The lowest BCUT2D eigenvalue weighted by molar-refractivity contribution is -0.131. The normalized spacial score (nSPS) is 11.4. The third kappa shape index (κ3) is 5.64. The molecule has 14 heavy (non-hydrogen) atoms. The Bertz CT molecular complexity index is 214. The molecular weight excluding hydrogens is 229 g/mol. The van der Waals surface area contributed by atoms with Crippen LogP contribution >= 0.6 is 6.72 Å². The van der Waals surface area contributed by atoms with Gasteiger partial charge in [-0.15, -0.1) is 0 Å². The fraction of sp³-hybridized carbons (Fsp3) is 0.833. The number of carbonyl (C=O) groups excluding carboxylic acids is 1. The lowest BCUT2D eigenvalue weighted by Crippen LogP contribution is -2.26. The third-order valence-corrected chi connectivity index (χ3v) is 3.31. The summed E-state index contributed by atoms with van der Waals surface area (Å²) >= 11 is 4.91. The highest BCUT2D eigenvalue weighted by Gasteiger charge is 2.20. The van der Waals surface area contributed by atoms with Crippen LogP contribution in [0.5, 0.6) is 0 Å². The average Bonchev–Trinajstić information content (AvgIpc) is 2.15. The Morgan fingerprint density at radius 2 is 1.93 bits per heavy atom. The molecule has 2 N–H and O–H groups in total. The average molecular weight is 243 g/mol. The number of amides is 1. The lowest BCUT2D eigenvalue weighted by Gasteiger charge is -2.19. The van der Waals surface area contributed by atoms with Crippen molar-refractivity contribution < 1.29 is 23.6 Å². The highest BCUT2D eigenvalue weighted by molar-refractivity contribution is 8.07. The highest BCUT2D eigenvalue weighted by atomic mass is 32.5. The zero-order valence-corrected chi connectivity index (χ0v) is 9.77. The summed E-state index contributed by atoms with van der Waals surface area (Å²) in [6, 6.07) is 0. The Hall–Kier alpha value is -0.0400. The van der Waals surface area contributed by atoms with E-state index in [2.05, 4.69) is 0 Å². The van der Waals surface area contributed by atoms with Crippen LogP contribution in [-0.2, 0) is 30.3 Å². The molecular formula is C6H14NO5PS. The summed E-state index contributed by atoms with van der Waals surface area (Å²) in [6.07, 6.45) is 0. The van der Waals surface area contributed by atoms with Crippen molar-refractivity contribution in [1.29, 1.82) is 0 Å². The molecule has 0 heterocycles. The Balaban J connectivity index is 4.08. The van der Waals surface area contributed by atoms with Gasteiger partial charge in [-0.2, -0.15) is 4.62 Å². The number of aliphatic hydroxyl groups is 1. The zero-order valence-electron chi connectivity index (χ0n) is 8.06. The van der Waals surface area contributed by atoms with E-state index >= 15 is 0 Å². The maximum Gasteiger partial charge on any atom is 0.349 e. The first-order valence-electron chi connectivity index (χ1n) is 4.05. The van der Waals surface area contributed by atoms with Crippen molar-refractivity contribution in [2.75, 3.05) is 19.8 Å². The zero-order chi connectivity index (χ0) is 11.0. The van der Waals surface area contributed by atoms with Gasteiger partial charge in [-0.3, -0.25) is 4.79 Å². The van der Waals surface area contributed by atoms with E-state index in [0.29, 0.717) is 13.2 Å². The molecule has 6 nitrogen and oxygen atoms in total. The van der Waals surface area contributed by atoms with E-state index in [1.807, 2.05) is 5.48 Å². The molecule has 0 aromatic rings. The van der Waals surface area contributed by atoms with E-state index in [9.17, 15) is 4.79 Å². The van der Waals surface area contributed by atoms with Gasteiger partial charge in [-0.25, -0.2) is 5.48 Å². The second-order valence-corrected chi connectivity index (χ2v) is 4.99. The molecule has 8 heteroatoms. The fourth-order valence-corrected chi connectivity index (χ4v) is 2.32. The first-order valence-corrected chi connectivity index (χ1v) is 6.61. The topological polar surface area (TPSA) is 77.0 Å². The van der Waals surface area contributed by atoms with Crippen LogP contribution < -0.4 is 5.48 Å². The summed E-state index contributed by atoms with van der Waals surface area (Å²) in [5.41, 5.74) is 1.95. The second kappa shape index (κ2) is 7.28. The van der Waals surface area contributed by atoms with Crippen molar-refractivity contribution in [3.63, 3.8) is 0 Å². The summed E-state index contributed by atoms with van der Waals surface area (Å²) < 4.78 is 14.9. The summed E-state index contributed by atoms with van der Waals surface area (Å²) in [5.74, 6) is -0.696. The van der Waals surface area contributed by atoms with Crippen LogP contribution in [0.2, 0.25) is 0 Å².